The van der Waals surface area contributed by atoms with Gasteiger partial charge in [0.15, 0.2) is 0 Å². The Labute approximate surface area is 117 Å². The first-order valence-electron chi connectivity index (χ1n) is 5.67. The lowest BCUT2D eigenvalue weighted by Crippen LogP contribution is -2.05. The van der Waals surface area contributed by atoms with Gasteiger partial charge in [0.2, 0.25) is 0 Å². The van der Waals surface area contributed by atoms with Crippen LogP contribution in [0.2, 0.25) is 0 Å². The number of hydrogen-bond acceptors (Lipinski definition) is 4. The maximum absolute atomic E-state index is 12.4. The van der Waals surface area contributed by atoms with Crippen molar-refractivity contribution in [1.29, 1.82) is 0 Å². The van der Waals surface area contributed by atoms with E-state index in [0.717, 1.165) is 17.8 Å². The van der Waals surface area contributed by atoms with Crippen molar-refractivity contribution in [1.82, 2.24) is 9.97 Å². The third kappa shape index (κ3) is 3.49. The number of alkyl halides is 3. The second kappa shape index (κ2) is 5.80. The lowest BCUT2D eigenvalue weighted by molar-refractivity contribution is -0.137. The molecule has 0 unspecified atom stereocenters. The minimum Gasteiger partial charge on any atom is -0.392 e. The molecule has 0 aliphatic heterocycles. The van der Waals surface area contributed by atoms with Crippen LogP contribution in [0.15, 0.2) is 40.6 Å². The van der Waals surface area contributed by atoms with Crippen molar-refractivity contribution in [2.24, 2.45) is 0 Å². The van der Waals surface area contributed by atoms with Gasteiger partial charge in [-0.1, -0.05) is 0 Å². The smallest absolute Gasteiger partial charge is 0.392 e. The number of aromatic nitrogens is 2. The zero-order valence-corrected chi connectivity index (χ0v) is 11.3. The normalized spacial score (nSPS) is 11.7. The molecule has 0 aromatic carbocycles. The van der Waals surface area contributed by atoms with Gasteiger partial charge in [-0.05, 0) is 48.0 Å². The Balaban J connectivity index is 2.18. The Hall–Kier alpha value is -1.60. The third-order valence-corrected chi connectivity index (χ3v) is 3.61. The maximum atomic E-state index is 12.4. The molecule has 1 N–H and O–H groups in total. The molecule has 0 bridgehead atoms. The summed E-state index contributed by atoms with van der Waals surface area (Å²) in [6.45, 7) is 1.72. The number of pyridine rings is 2. The van der Waals surface area contributed by atoms with E-state index in [-0.39, 0.29) is 6.61 Å². The Morgan fingerprint density at radius 1 is 1.20 bits per heavy atom. The largest absolute Gasteiger partial charge is 0.417 e. The molecule has 0 radical (unpaired) electrons. The highest BCUT2D eigenvalue weighted by atomic mass is 32.2. The zero-order chi connectivity index (χ0) is 14.8. The lowest BCUT2D eigenvalue weighted by atomic mass is 10.2. The van der Waals surface area contributed by atoms with Crippen molar-refractivity contribution < 1.29 is 18.3 Å². The third-order valence-electron chi connectivity index (χ3n) is 2.53. The molecule has 2 aromatic rings. The van der Waals surface area contributed by atoms with E-state index in [4.69, 9.17) is 5.11 Å². The van der Waals surface area contributed by atoms with Gasteiger partial charge >= 0.3 is 6.18 Å². The van der Waals surface area contributed by atoms with Gasteiger partial charge in [0, 0.05) is 12.4 Å². The quantitative estimate of drug-likeness (QED) is 0.943. The fourth-order valence-electron chi connectivity index (χ4n) is 1.52. The summed E-state index contributed by atoms with van der Waals surface area (Å²) >= 11 is 1.18. The molecule has 0 spiro atoms. The highest BCUT2D eigenvalue weighted by Gasteiger charge is 2.30. The molecule has 0 fully saturated rings. The number of rotatable bonds is 3. The van der Waals surface area contributed by atoms with E-state index in [1.165, 1.54) is 24.0 Å². The van der Waals surface area contributed by atoms with Crippen LogP contribution < -0.4 is 0 Å². The first-order chi connectivity index (χ1) is 9.40. The van der Waals surface area contributed by atoms with Gasteiger partial charge in [0.25, 0.3) is 0 Å². The number of hydrogen-bond donors (Lipinski definition) is 1. The molecule has 2 heterocycles. The predicted molar refractivity (Wildman–Crippen MR) is 68.3 cm³/mol. The Bertz CT molecular complexity index is 600. The predicted octanol–water partition coefficient (Wildman–Crippen LogP) is 3.45. The van der Waals surface area contributed by atoms with Crippen LogP contribution in [0.25, 0.3) is 0 Å². The van der Waals surface area contributed by atoms with Crippen LogP contribution in [0.3, 0.4) is 0 Å². The van der Waals surface area contributed by atoms with Crippen molar-refractivity contribution in [3.63, 3.8) is 0 Å². The van der Waals surface area contributed by atoms with Crippen molar-refractivity contribution in [2.75, 3.05) is 0 Å². The van der Waals surface area contributed by atoms with E-state index < -0.39 is 11.7 Å². The van der Waals surface area contributed by atoms with Crippen molar-refractivity contribution in [3.05, 3.63) is 47.3 Å². The SMILES string of the molecule is Cc1cc(CO)cnc1Sc1ccc(C(F)(F)F)cn1. The van der Waals surface area contributed by atoms with Crippen molar-refractivity contribution >= 4 is 11.8 Å². The van der Waals surface area contributed by atoms with Gasteiger partial charge < -0.3 is 5.11 Å². The van der Waals surface area contributed by atoms with Gasteiger partial charge in [0.05, 0.1) is 12.2 Å². The minimum atomic E-state index is -4.38. The first-order valence-corrected chi connectivity index (χ1v) is 6.49. The van der Waals surface area contributed by atoms with Crippen LogP contribution in [0.1, 0.15) is 16.7 Å². The molecule has 0 atom stereocenters. The summed E-state index contributed by atoms with van der Waals surface area (Å²) in [5.74, 6) is 0. The topological polar surface area (TPSA) is 46.0 Å². The fraction of sp³-hybridized carbons (Fsp3) is 0.231. The molecular weight excluding hydrogens is 289 g/mol. The standard InChI is InChI=1S/C13H11F3N2OS/c1-8-4-9(7-19)5-18-12(8)20-11-3-2-10(6-17-11)13(14,15)16/h2-6,19H,7H2,1H3. The second-order valence-electron chi connectivity index (χ2n) is 4.11. The fourth-order valence-corrected chi connectivity index (χ4v) is 2.29. The van der Waals surface area contributed by atoms with Crippen LogP contribution >= 0.6 is 11.8 Å². The summed E-state index contributed by atoms with van der Waals surface area (Å²) in [6, 6.07) is 4.08. The molecule has 7 heteroatoms. The van der Waals surface area contributed by atoms with E-state index >= 15 is 0 Å². The maximum Gasteiger partial charge on any atom is 0.417 e. The number of aliphatic hydroxyl groups is 1. The monoisotopic (exact) mass is 300 g/mol. The van der Waals surface area contributed by atoms with Crippen molar-refractivity contribution in [3.8, 4) is 0 Å². The average Bonchev–Trinajstić information content (AvgIpc) is 2.40. The molecule has 0 saturated carbocycles. The molecule has 20 heavy (non-hydrogen) atoms. The summed E-state index contributed by atoms with van der Waals surface area (Å²) < 4.78 is 37.2. The molecule has 2 rings (SSSR count). The van der Waals surface area contributed by atoms with E-state index in [1.54, 1.807) is 6.07 Å². The van der Waals surface area contributed by atoms with E-state index in [1.807, 2.05) is 6.92 Å². The van der Waals surface area contributed by atoms with Crippen LogP contribution in [0.4, 0.5) is 13.2 Å². The summed E-state index contributed by atoms with van der Waals surface area (Å²) in [7, 11) is 0. The molecule has 0 amide bonds. The van der Waals surface area contributed by atoms with E-state index in [2.05, 4.69) is 9.97 Å². The van der Waals surface area contributed by atoms with Gasteiger partial charge in [0.1, 0.15) is 10.1 Å². The van der Waals surface area contributed by atoms with Crippen LogP contribution in [-0.4, -0.2) is 15.1 Å². The van der Waals surface area contributed by atoms with Crippen molar-refractivity contribution in [2.45, 2.75) is 29.8 Å². The highest BCUT2D eigenvalue weighted by Crippen LogP contribution is 2.31. The second-order valence-corrected chi connectivity index (χ2v) is 5.12. The minimum absolute atomic E-state index is 0.0999. The van der Waals surface area contributed by atoms with Crippen LogP contribution in [-0.2, 0) is 12.8 Å². The number of halogens is 3. The molecule has 106 valence electrons. The lowest BCUT2D eigenvalue weighted by Gasteiger charge is -2.08. The Morgan fingerprint density at radius 2 is 1.95 bits per heavy atom. The molecule has 0 aliphatic carbocycles. The first kappa shape index (κ1) is 14.8. The molecule has 2 aromatic heterocycles. The highest BCUT2D eigenvalue weighted by molar-refractivity contribution is 7.99. The van der Waals surface area contributed by atoms with E-state index in [0.29, 0.717) is 15.6 Å². The van der Waals surface area contributed by atoms with Crippen LogP contribution in [0, 0.1) is 6.92 Å². The van der Waals surface area contributed by atoms with Gasteiger partial charge in [-0.15, -0.1) is 0 Å². The summed E-state index contributed by atoms with van der Waals surface area (Å²) in [5, 5.41) is 10.1. The van der Waals surface area contributed by atoms with Gasteiger partial charge in [-0.25, -0.2) is 9.97 Å². The van der Waals surface area contributed by atoms with Crippen LogP contribution in [0.5, 0.6) is 0 Å². The molecule has 0 saturated heterocycles. The summed E-state index contributed by atoms with van der Waals surface area (Å²) in [6.07, 6.45) is -2.05. The van der Waals surface area contributed by atoms with E-state index in [9.17, 15) is 13.2 Å². The average molecular weight is 300 g/mol. The number of aliphatic hydroxyl groups excluding tert-OH is 1. The molecular formula is C13H11F3N2OS. The number of nitrogens with zero attached hydrogens (tertiary/aromatic N) is 2. The Morgan fingerprint density at radius 3 is 2.45 bits per heavy atom. The number of aryl methyl sites for hydroxylation is 1. The zero-order valence-electron chi connectivity index (χ0n) is 10.5. The van der Waals surface area contributed by atoms with Gasteiger partial charge in [-0.3, -0.25) is 0 Å². The summed E-state index contributed by atoms with van der Waals surface area (Å²) in [4.78, 5) is 7.93. The molecule has 0 aliphatic rings. The molecule has 3 nitrogen and oxygen atoms in total. The van der Waals surface area contributed by atoms with Gasteiger partial charge in [-0.2, -0.15) is 13.2 Å². The Kier molecular flexibility index (Phi) is 4.29. The summed E-state index contributed by atoms with van der Waals surface area (Å²) in [5.41, 5.74) is 0.748.